The molecule has 0 N–H and O–H groups in total. The highest BCUT2D eigenvalue weighted by molar-refractivity contribution is 6.99. The van der Waals surface area contributed by atoms with Crippen molar-refractivity contribution in [3.63, 3.8) is 0 Å². The first-order valence-corrected chi connectivity index (χ1v) is 4.93. The Balaban J connectivity index is 2.52. The maximum Gasteiger partial charge on any atom is 0.174 e. The van der Waals surface area contributed by atoms with Crippen LogP contribution in [0.1, 0.15) is 6.92 Å². The van der Waals surface area contributed by atoms with Crippen molar-refractivity contribution in [3.8, 4) is 11.5 Å². The molecular formula is C7H7ClN4S. The third kappa shape index (κ3) is 1.45. The molecule has 0 aliphatic carbocycles. The molecule has 0 unspecified atom stereocenters. The van der Waals surface area contributed by atoms with E-state index in [0.29, 0.717) is 10.8 Å². The topological polar surface area (TPSA) is 43.6 Å². The average molecular weight is 215 g/mol. The van der Waals surface area contributed by atoms with Gasteiger partial charge in [0.25, 0.3) is 0 Å². The van der Waals surface area contributed by atoms with E-state index in [4.69, 9.17) is 11.6 Å². The van der Waals surface area contributed by atoms with E-state index >= 15 is 0 Å². The highest BCUT2D eigenvalue weighted by atomic mass is 35.5. The van der Waals surface area contributed by atoms with Crippen molar-refractivity contribution in [1.82, 2.24) is 18.3 Å². The molecule has 0 bridgehead atoms. The van der Waals surface area contributed by atoms with Gasteiger partial charge in [0.15, 0.2) is 16.7 Å². The lowest BCUT2D eigenvalue weighted by molar-refractivity contribution is 0.769. The van der Waals surface area contributed by atoms with Gasteiger partial charge in [0.2, 0.25) is 0 Å². The van der Waals surface area contributed by atoms with Crippen LogP contribution >= 0.6 is 23.3 Å². The maximum atomic E-state index is 5.84. The summed E-state index contributed by atoms with van der Waals surface area (Å²) in [7, 11) is 0. The van der Waals surface area contributed by atoms with Crippen LogP contribution in [0.3, 0.4) is 0 Å². The van der Waals surface area contributed by atoms with E-state index in [1.807, 2.05) is 17.7 Å². The van der Waals surface area contributed by atoms with Crippen molar-refractivity contribution in [1.29, 1.82) is 0 Å². The summed E-state index contributed by atoms with van der Waals surface area (Å²) >= 11 is 6.94. The molecular weight excluding hydrogens is 208 g/mol. The fraction of sp³-hybridized carbons (Fsp3) is 0.286. The molecule has 0 aliphatic heterocycles. The number of aryl methyl sites for hydroxylation is 1. The molecule has 0 spiro atoms. The highest BCUT2D eigenvalue weighted by Gasteiger charge is 2.12. The Hall–Kier alpha value is -0.940. The van der Waals surface area contributed by atoms with Gasteiger partial charge >= 0.3 is 0 Å². The molecule has 2 aromatic rings. The van der Waals surface area contributed by atoms with E-state index in [0.717, 1.165) is 24.1 Å². The third-order valence-corrected chi connectivity index (χ3v) is 2.61. The highest BCUT2D eigenvalue weighted by Crippen LogP contribution is 2.23. The average Bonchev–Trinajstić information content (AvgIpc) is 2.71. The van der Waals surface area contributed by atoms with Crippen molar-refractivity contribution in [2.24, 2.45) is 0 Å². The van der Waals surface area contributed by atoms with Gasteiger partial charge in [-0.05, 0) is 6.92 Å². The Bertz CT molecular complexity index is 408. The van der Waals surface area contributed by atoms with Gasteiger partial charge in [0, 0.05) is 18.9 Å². The standard InChI is InChI=1S/C7H7ClN4S/c1-2-12-4-3-9-7(12)5-6(8)11-13-10-5/h3-4H,2H2,1H3. The number of hydrogen-bond donors (Lipinski definition) is 0. The van der Waals surface area contributed by atoms with Gasteiger partial charge < -0.3 is 4.57 Å². The normalized spacial score (nSPS) is 10.6. The molecule has 0 fully saturated rings. The van der Waals surface area contributed by atoms with Crippen LogP contribution in [-0.2, 0) is 6.54 Å². The molecule has 4 nitrogen and oxygen atoms in total. The second-order valence-corrected chi connectivity index (χ2v) is 3.33. The fourth-order valence-electron chi connectivity index (χ4n) is 1.09. The Morgan fingerprint density at radius 2 is 2.38 bits per heavy atom. The first-order valence-electron chi connectivity index (χ1n) is 3.82. The first-order chi connectivity index (χ1) is 6.33. The minimum atomic E-state index is 0.422. The van der Waals surface area contributed by atoms with Crippen LogP contribution in [0.15, 0.2) is 12.4 Å². The summed E-state index contributed by atoms with van der Waals surface area (Å²) in [6.45, 7) is 2.89. The van der Waals surface area contributed by atoms with Gasteiger partial charge in [0.1, 0.15) is 0 Å². The van der Waals surface area contributed by atoms with Crippen LogP contribution in [0, 0.1) is 0 Å². The number of hydrogen-bond acceptors (Lipinski definition) is 4. The van der Waals surface area contributed by atoms with Crippen LogP contribution in [0.25, 0.3) is 11.5 Å². The minimum Gasteiger partial charge on any atom is -0.330 e. The lowest BCUT2D eigenvalue weighted by Gasteiger charge is -2.00. The Morgan fingerprint density at radius 1 is 1.54 bits per heavy atom. The van der Waals surface area contributed by atoms with Gasteiger partial charge in [-0.1, -0.05) is 11.6 Å². The predicted octanol–water partition coefficient (Wildman–Crippen LogP) is 2.07. The predicted molar refractivity (Wildman–Crippen MR) is 51.8 cm³/mol. The van der Waals surface area contributed by atoms with Crippen molar-refractivity contribution >= 4 is 23.3 Å². The number of aromatic nitrogens is 4. The molecule has 0 radical (unpaired) electrons. The van der Waals surface area contributed by atoms with Crippen LogP contribution in [0.4, 0.5) is 0 Å². The Labute approximate surface area is 84.5 Å². The van der Waals surface area contributed by atoms with Gasteiger partial charge in [-0.3, -0.25) is 0 Å². The summed E-state index contributed by atoms with van der Waals surface area (Å²) < 4.78 is 9.95. The van der Waals surface area contributed by atoms with Crippen LogP contribution < -0.4 is 0 Å². The number of nitrogens with zero attached hydrogens (tertiary/aromatic N) is 4. The lowest BCUT2D eigenvalue weighted by Crippen LogP contribution is -1.96. The zero-order chi connectivity index (χ0) is 9.26. The first kappa shape index (κ1) is 8.65. The summed E-state index contributed by atoms with van der Waals surface area (Å²) in [5.74, 6) is 0.779. The summed E-state index contributed by atoms with van der Waals surface area (Å²) in [6, 6.07) is 0. The molecule has 6 heteroatoms. The monoisotopic (exact) mass is 214 g/mol. The van der Waals surface area contributed by atoms with E-state index in [9.17, 15) is 0 Å². The van der Waals surface area contributed by atoms with E-state index in [1.165, 1.54) is 0 Å². The zero-order valence-electron chi connectivity index (χ0n) is 6.94. The van der Waals surface area contributed by atoms with Crippen molar-refractivity contribution in [3.05, 3.63) is 17.5 Å². The SMILES string of the molecule is CCn1ccnc1-c1nsnc1Cl. The second-order valence-electron chi connectivity index (χ2n) is 2.44. The van der Waals surface area contributed by atoms with E-state index in [2.05, 4.69) is 13.7 Å². The molecule has 2 heterocycles. The van der Waals surface area contributed by atoms with Gasteiger partial charge in [0.05, 0.1) is 11.7 Å². The van der Waals surface area contributed by atoms with E-state index in [-0.39, 0.29) is 0 Å². The fourth-order valence-corrected chi connectivity index (χ4v) is 1.81. The molecule has 2 rings (SSSR count). The molecule has 0 saturated heterocycles. The quantitative estimate of drug-likeness (QED) is 0.769. The Kier molecular flexibility index (Phi) is 2.28. The Morgan fingerprint density at radius 3 is 3.00 bits per heavy atom. The van der Waals surface area contributed by atoms with Crippen molar-refractivity contribution in [2.75, 3.05) is 0 Å². The van der Waals surface area contributed by atoms with Gasteiger partial charge in [-0.15, -0.1) is 0 Å². The maximum absolute atomic E-state index is 5.84. The molecule has 0 amide bonds. The van der Waals surface area contributed by atoms with E-state index < -0.39 is 0 Å². The number of halogens is 1. The lowest BCUT2D eigenvalue weighted by atomic mass is 10.4. The van der Waals surface area contributed by atoms with Gasteiger partial charge in [-0.2, -0.15) is 8.75 Å². The molecule has 0 saturated carbocycles. The summed E-state index contributed by atoms with van der Waals surface area (Å²) in [6.07, 6.45) is 3.62. The molecule has 0 aromatic carbocycles. The van der Waals surface area contributed by atoms with Crippen LogP contribution in [0.2, 0.25) is 5.15 Å². The summed E-state index contributed by atoms with van der Waals surface area (Å²) in [4.78, 5) is 4.17. The third-order valence-electron chi connectivity index (χ3n) is 1.72. The van der Waals surface area contributed by atoms with Crippen molar-refractivity contribution < 1.29 is 0 Å². The number of rotatable bonds is 2. The summed E-state index contributed by atoms with van der Waals surface area (Å²) in [5.41, 5.74) is 0.665. The van der Waals surface area contributed by atoms with Gasteiger partial charge in [-0.25, -0.2) is 4.98 Å². The van der Waals surface area contributed by atoms with Crippen molar-refractivity contribution in [2.45, 2.75) is 13.5 Å². The molecule has 68 valence electrons. The summed E-state index contributed by atoms with van der Waals surface area (Å²) in [5, 5.41) is 0.422. The smallest absolute Gasteiger partial charge is 0.174 e. The largest absolute Gasteiger partial charge is 0.330 e. The zero-order valence-corrected chi connectivity index (χ0v) is 8.51. The molecule has 2 aromatic heterocycles. The molecule has 13 heavy (non-hydrogen) atoms. The second kappa shape index (κ2) is 3.43. The molecule has 0 aliphatic rings. The molecule has 0 atom stereocenters. The number of imidazole rings is 1. The van der Waals surface area contributed by atoms with Crippen LogP contribution in [0.5, 0.6) is 0 Å². The van der Waals surface area contributed by atoms with E-state index in [1.54, 1.807) is 6.20 Å². The minimum absolute atomic E-state index is 0.422. The van der Waals surface area contributed by atoms with Crippen LogP contribution in [-0.4, -0.2) is 18.3 Å².